The maximum atomic E-state index is 15.4. The van der Waals surface area contributed by atoms with Crippen LogP contribution in [0.15, 0.2) is 35.7 Å². The molecule has 2 aliphatic heterocycles. The molecule has 1 aliphatic carbocycles. The van der Waals surface area contributed by atoms with Gasteiger partial charge >= 0.3 is 5.97 Å². The van der Waals surface area contributed by atoms with Gasteiger partial charge < -0.3 is 21.4 Å². The van der Waals surface area contributed by atoms with Crippen LogP contribution in [0.1, 0.15) is 30.1 Å². The molecule has 4 rings (SSSR count). The number of fused-ring (bicyclic) bond motifs is 1. The summed E-state index contributed by atoms with van der Waals surface area (Å²) in [4.78, 5) is 30.3. The fraction of sp³-hybridized carbons (Fsp3) is 0.409. The van der Waals surface area contributed by atoms with E-state index >= 15 is 4.39 Å². The minimum atomic E-state index is -1.50. The van der Waals surface area contributed by atoms with E-state index in [0.29, 0.717) is 24.6 Å². The SMILES string of the molecule is C=CCO/N=C1\CN([N+]2(C3CC3)C=C(C(=O)O)C(=O)c3c(N)c(F)cc(F)c32)CC1(C)CN. The molecule has 176 valence electrons. The minimum absolute atomic E-state index is 0.154. The summed E-state index contributed by atoms with van der Waals surface area (Å²) in [6, 6.07) is 0.373. The van der Waals surface area contributed by atoms with Gasteiger partial charge in [-0.05, 0) is 0 Å². The van der Waals surface area contributed by atoms with Crippen LogP contribution in [0, 0.1) is 17.0 Å². The average molecular weight is 462 g/mol. The van der Waals surface area contributed by atoms with Gasteiger partial charge in [0.05, 0.1) is 24.5 Å². The lowest BCUT2D eigenvalue weighted by atomic mass is 9.88. The van der Waals surface area contributed by atoms with E-state index in [1.807, 2.05) is 6.92 Å². The number of carbonyl (C=O) groups excluding carboxylic acids is 1. The third-order valence-corrected chi connectivity index (χ3v) is 6.58. The third-order valence-electron chi connectivity index (χ3n) is 6.58. The average Bonchev–Trinajstić information content (AvgIpc) is 3.56. The standard InChI is InChI=1S/C22H25F2N5O4/c1-3-6-33-27-16-8-28(11-22(16,2)10-25)29(12-4-5-12)9-13(21(31)32)20(30)17-18(26)14(23)7-15(24)19(17)29/h3,7,9,12H,1,4-6,8,10-11,25H2,2H3,(H2-,26,30,31,32)/p+1/b27-16+. The second-order valence-electron chi connectivity index (χ2n) is 8.83. The fourth-order valence-corrected chi connectivity index (χ4v) is 4.66. The van der Waals surface area contributed by atoms with E-state index in [4.69, 9.17) is 16.3 Å². The zero-order valence-electron chi connectivity index (χ0n) is 18.2. The first-order valence-corrected chi connectivity index (χ1v) is 10.5. The number of benzene rings is 1. The molecule has 0 amide bonds. The Kier molecular flexibility index (Phi) is 5.59. The highest BCUT2D eigenvalue weighted by Gasteiger charge is 2.61. The molecular formula is C22H26F2N5O4+. The van der Waals surface area contributed by atoms with Crippen molar-refractivity contribution in [2.24, 2.45) is 16.3 Å². The van der Waals surface area contributed by atoms with Crippen LogP contribution in [0.3, 0.4) is 0 Å². The molecule has 0 spiro atoms. The number of nitrogen functional groups attached to an aromatic ring is 1. The number of Topliss-reactive ketones (excluding diaryl/α,β-unsaturated/α-hetero) is 1. The van der Waals surface area contributed by atoms with Crippen LogP contribution in [0.25, 0.3) is 0 Å². The molecule has 5 N–H and O–H groups in total. The summed E-state index contributed by atoms with van der Waals surface area (Å²) in [5.41, 5.74) is 10.1. The number of nitrogens with zero attached hydrogens (tertiary/aromatic N) is 3. The van der Waals surface area contributed by atoms with E-state index in [2.05, 4.69) is 11.7 Å². The predicted octanol–water partition coefficient (Wildman–Crippen LogP) is 1.94. The predicted molar refractivity (Wildman–Crippen MR) is 118 cm³/mol. The Morgan fingerprint density at radius 1 is 1.45 bits per heavy atom. The number of ketones is 1. The van der Waals surface area contributed by atoms with Gasteiger partial charge in [-0.2, -0.15) is 4.59 Å². The molecule has 2 unspecified atom stereocenters. The molecule has 1 saturated carbocycles. The van der Waals surface area contributed by atoms with Gasteiger partial charge in [0.2, 0.25) is 11.5 Å². The van der Waals surface area contributed by atoms with Crippen LogP contribution in [0.5, 0.6) is 0 Å². The Morgan fingerprint density at radius 3 is 2.73 bits per heavy atom. The number of quaternary nitrogens is 1. The number of anilines is 1. The molecule has 0 aromatic heterocycles. The molecule has 2 atom stereocenters. The number of oxime groups is 1. The van der Waals surface area contributed by atoms with Crippen molar-refractivity contribution in [3.8, 4) is 0 Å². The van der Waals surface area contributed by atoms with Crippen molar-refractivity contribution in [3.63, 3.8) is 0 Å². The fourth-order valence-electron chi connectivity index (χ4n) is 4.66. The highest BCUT2D eigenvalue weighted by molar-refractivity contribution is 6.28. The zero-order valence-corrected chi connectivity index (χ0v) is 18.2. The van der Waals surface area contributed by atoms with E-state index in [0.717, 1.165) is 0 Å². The summed E-state index contributed by atoms with van der Waals surface area (Å²) in [7, 11) is 0. The van der Waals surface area contributed by atoms with E-state index in [1.54, 1.807) is 5.01 Å². The van der Waals surface area contributed by atoms with E-state index in [1.165, 1.54) is 12.3 Å². The van der Waals surface area contributed by atoms with Gasteiger partial charge in [0.25, 0.3) is 0 Å². The number of rotatable bonds is 7. The second kappa shape index (κ2) is 8.01. The van der Waals surface area contributed by atoms with Gasteiger partial charge in [0.15, 0.2) is 11.4 Å². The normalized spacial score (nSPS) is 28.5. The number of carboxylic acid groups (broad SMARTS) is 1. The number of hydrogen-bond acceptors (Lipinski definition) is 7. The molecule has 0 bridgehead atoms. The first-order valence-electron chi connectivity index (χ1n) is 10.5. The Balaban J connectivity index is 1.96. The third kappa shape index (κ3) is 3.43. The van der Waals surface area contributed by atoms with Crippen molar-refractivity contribution >= 4 is 28.8 Å². The topological polar surface area (TPSA) is 131 Å². The van der Waals surface area contributed by atoms with Crippen LogP contribution < -0.4 is 16.1 Å². The molecule has 0 radical (unpaired) electrons. The Hall–Kier alpha value is -3.15. The van der Waals surface area contributed by atoms with Gasteiger partial charge in [-0.15, -0.1) is 5.01 Å². The van der Waals surface area contributed by atoms with Crippen LogP contribution in [0.2, 0.25) is 0 Å². The van der Waals surface area contributed by atoms with E-state index in [9.17, 15) is 19.1 Å². The zero-order chi connectivity index (χ0) is 24.1. The molecule has 3 aliphatic rings. The molecule has 1 aromatic rings. The summed E-state index contributed by atoms with van der Waals surface area (Å²) in [6.07, 6.45) is 4.07. The largest absolute Gasteiger partial charge is 0.477 e. The molecule has 1 saturated heterocycles. The molecule has 2 fully saturated rings. The van der Waals surface area contributed by atoms with Gasteiger partial charge in [0, 0.05) is 30.9 Å². The Morgan fingerprint density at radius 2 is 2.15 bits per heavy atom. The van der Waals surface area contributed by atoms with Crippen molar-refractivity contribution in [2.75, 3.05) is 32.0 Å². The van der Waals surface area contributed by atoms with Gasteiger partial charge in [-0.3, -0.25) is 4.79 Å². The Labute approximate surface area is 189 Å². The van der Waals surface area contributed by atoms with Gasteiger partial charge in [-0.1, -0.05) is 24.7 Å². The number of halogens is 2. The van der Waals surface area contributed by atoms with E-state index in [-0.39, 0.29) is 38.0 Å². The quantitative estimate of drug-likeness (QED) is 0.141. The summed E-state index contributed by atoms with van der Waals surface area (Å²) in [6.45, 7) is 6.26. The van der Waals surface area contributed by atoms with Crippen molar-refractivity contribution in [2.45, 2.75) is 25.8 Å². The van der Waals surface area contributed by atoms with Crippen LogP contribution in [-0.4, -0.2) is 59.9 Å². The molecular weight excluding hydrogens is 436 g/mol. The summed E-state index contributed by atoms with van der Waals surface area (Å²) in [5, 5.41) is 15.8. The van der Waals surface area contributed by atoms with Crippen LogP contribution >= 0.6 is 0 Å². The van der Waals surface area contributed by atoms with Crippen molar-refractivity contribution in [1.29, 1.82) is 0 Å². The number of hydrogen-bond donors (Lipinski definition) is 3. The summed E-state index contributed by atoms with van der Waals surface area (Å²) < 4.78 is 29.4. The van der Waals surface area contributed by atoms with Crippen molar-refractivity contribution in [1.82, 2.24) is 9.60 Å². The molecule has 1 aromatic carbocycles. The number of carboxylic acids is 1. The monoisotopic (exact) mass is 462 g/mol. The molecule has 2 heterocycles. The lowest BCUT2D eigenvalue weighted by Crippen LogP contribution is -2.62. The first kappa shape index (κ1) is 23.0. The van der Waals surface area contributed by atoms with Crippen molar-refractivity contribution in [3.05, 3.63) is 47.7 Å². The summed E-state index contributed by atoms with van der Waals surface area (Å²) in [5.74, 6) is -4.61. The smallest absolute Gasteiger partial charge is 0.345 e. The van der Waals surface area contributed by atoms with Crippen LogP contribution in [0.4, 0.5) is 20.2 Å². The maximum Gasteiger partial charge on any atom is 0.345 e. The molecule has 9 nitrogen and oxygen atoms in total. The maximum absolute atomic E-state index is 15.4. The minimum Gasteiger partial charge on any atom is -0.477 e. The molecule has 33 heavy (non-hydrogen) atoms. The second-order valence-corrected chi connectivity index (χ2v) is 8.83. The highest BCUT2D eigenvalue weighted by atomic mass is 19.1. The Bertz CT molecular complexity index is 1120. The van der Waals surface area contributed by atoms with Crippen LogP contribution in [-0.2, 0) is 9.63 Å². The lowest BCUT2D eigenvalue weighted by molar-refractivity contribution is -0.132. The van der Waals surface area contributed by atoms with E-state index < -0.39 is 50.2 Å². The van der Waals surface area contributed by atoms with Crippen molar-refractivity contribution < 1.29 is 28.3 Å². The molecule has 11 heteroatoms. The van der Waals surface area contributed by atoms with Gasteiger partial charge in [0.1, 0.15) is 30.2 Å². The summed E-state index contributed by atoms with van der Waals surface area (Å²) >= 11 is 0. The number of nitrogens with two attached hydrogens (primary N) is 2. The number of carbonyl (C=O) groups is 2. The highest BCUT2D eigenvalue weighted by Crippen LogP contribution is 2.51. The number of aliphatic carboxylic acids is 1. The first-order chi connectivity index (χ1) is 15.6. The van der Waals surface area contributed by atoms with Gasteiger partial charge in [-0.25, -0.2) is 13.6 Å². The lowest BCUT2D eigenvalue weighted by Gasteiger charge is -2.44.